The van der Waals surface area contributed by atoms with E-state index in [1.54, 1.807) is 0 Å². The Hall–Kier alpha value is -1.18. The molecule has 1 rings (SSSR count). The lowest BCUT2D eigenvalue weighted by atomic mass is 10.1. The van der Waals surface area contributed by atoms with Crippen molar-refractivity contribution in [2.75, 3.05) is 6.26 Å². The van der Waals surface area contributed by atoms with E-state index in [1.807, 2.05) is 0 Å². The van der Waals surface area contributed by atoms with Gasteiger partial charge in [0, 0.05) is 5.56 Å². The van der Waals surface area contributed by atoms with Gasteiger partial charge in [0.25, 0.3) is 0 Å². The second-order valence-corrected chi connectivity index (χ2v) is 4.69. The molecule has 0 aliphatic carbocycles. The third-order valence-electron chi connectivity index (χ3n) is 1.87. The highest BCUT2D eigenvalue weighted by molar-refractivity contribution is 7.86. The molecule has 0 saturated carbocycles. The Morgan fingerprint density at radius 2 is 1.94 bits per heavy atom. The monoisotopic (exact) mass is 250 g/mol. The highest BCUT2D eigenvalue weighted by Gasteiger charge is 2.17. The fourth-order valence-electron chi connectivity index (χ4n) is 1.20. The molecule has 0 atom stereocenters. The molecule has 0 amide bonds. The molecule has 0 heterocycles. The summed E-state index contributed by atoms with van der Waals surface area (Å²) in [7, 11) is -3.89. The fraction of sp³-hybridized carbons (Fsp3) is 0.333. The predicted molar refractivity (Wildman–Crippen MR) is 53.7 cm³/mol. The lowest BCUT2D eigenvalue weighted by molar-refractivity contribution is 0.256. The maximum absolute atomic E-state index is 13.3. The largest absolute Gasteiger partial charge is 0.392 e. The Labute approximate surface area is 92.2 Å². The summed E-state index contributed by atoms with van der Waals surface area (Å²) in [6.07, 6.45) is 0.763. The minimum atomic E-state index is -3.89. The van der Waals surface area contributed by atoms with Crippen molar-refractivity contribution in [1.29, 1.82) is 0 Å². The predicted octanol–water partition coefficient (Wildman–Crippen LogP) is 0.149. The standard InChI is InChI=1S/C9H11FO5S/c1-16(13,14)15-9-7(5-12)6(4-11)2-3-8(9)10/h2-3,11-12H,4-5H2,1H3. The van der Waals surface area contributed by atoms with Crippen molar-refractivity contribution >= 4 is 10.1 Å². The Morgan fingerprint density at radius 3 is 2.38 bits per heavy atom. The first-order chi connectivity index (χ1) is 7.39. The molecule has 0 saturated heterocycles. The SMILES string of the molecule is CS(=O)(=O)Oc1c(F)ccc(CO)c1CO. The van der Waals surface area contributed by atoms with E-state index in [2.05, 4.69) is 4.18 Å². The second kappa shape index (κ2) is 4.77. The van der Waals surface area contributed by atoms with Crippen LogP contribution in [0.3, 0.4) is 0 Å². The molecule has 16 heavy (non-hydrogen) atoms. The molecule has 0 aromatic heterocycles. The van der Waals surface area contributed by atoms with Gasteiger partial charge in [0.05, 0.1) is 19.5 Å². The molecule has 0 spiro atoms. The first-order valence-corrected chi connectivity index (χ1v) is 6.12. The smallest absolute Gasteiger partial charge is 0.306 e. The molecule has 0 bridgehead atoms. The van der Waals surface area contributed by atoms with E-state index in [9.17, 15) is 12.8 Å². The Balaban J connectivity index is 3.34. The molecule has 0 aliphatic rings. The van der Waals surface area contributed by atoms with Crippen molar-refractivity contribution in [2.45, 2.75) is 13.2 Å². The summed E-state index contributed by atoms with van der Waals surface area (Å²) in [6.45, 7) is -1.07. The highest BCUT2D eigenvalue weighted by atomic mass is 32.2. The molecule has 90 valence electrons. The number of halogens is 1. The van der Waals surface area contributed by atoms with Crippen LogP contribution in [-0.4, -0.2) is 24.9 Å². The minimum absolute atomic E-state index is 0.0760. The van der Waals surface area contributed by atoms with Gasteiger partial charge in [-0.15, -0.1) is 0 Å². The van der Waals surface area contributed by atoms with Crippen LogP contribution >= 0.6 is 0 Å². The van der Waals surface area contributed by atoms with Crippen LogP contribution in [0.15, 0.2) is 12.1 Å². The van der Waals surface area contributed by atoms with E-state index < -0.39 is 34.9 Å². The Morgan fingerprint density at radius 1 is 1.31 bits per heavy atom. The van der Waals surface area contributed by atoms with Crippen molar-refractivity contribution in [3.05, 3.63) is 29.1 Å². The van der Waals surface area contributed by atoms with Gasteiger partial charge in [0.15, 0.2) is 11.6 Å². The molecule has 1 aromatic carbocycles. The number of aliphatic hydroxyl groups is 2. The molecule has 0 aliphatic heterocycles. The molecule has 5 nitrogen and oxygen atoms in total. The van der Waals surface area contributed by atoms with Crippen LogP contribution < -0.4 is 4.18 Å². The topological polar surface area (TPSA) is 83.8 Å². The van der Waals surface area contributed by atoms with Crippen LogP contribution in [0.2, 0.25) is 0 Å². The summed E-state index contributed by atoms with van der Waals surface area (Å²) in [5.74, 6) is -1.48. The van der Waals surface area contributed by atoms with Crippen molar-refractivity contribution in [3.8, 4) is 5.75 Å². The summed E-state index contributed by atoms with van der Waals surface area (Å²) in [5.41, 5.74) is 0.135. The van der Waals surface area contributed by atoms with E-state index in [4.69, 9.17) is 10.2 Å². The van der Waals surface area contributed by atoms with Gasteiger partial charge in [-0.2, -0.15) is 8.42 Å². The summed E-state index contributed by atoms with van der Waals surface area (Å²) in [6, 6.07) is 2.21. The zero-order valence-corrected chi connectivity index (χ0v) is 9.29. The van der Waals surface area contributed by atoms with Crippen molar-refractivity contribution in [1.82, 2.24) is 0 Å². The lowest BCUT2D eigenvalue weighted by Crippen LogP contribution is -2.10. The fourth-order valence-corrected chi connectivity index (χ4v) is 1.69. The maximum atomic E-state index is 13.3. The first-order valence-electron chi connectivity index (χ1n) is 4.30. The summed E-state index contributed by atoms with van der Waals surface area (Å²) >= 11 is 0. The van der Waals surface area contributed by atoms with Crippen LogP contribution in [0.25, 0.3) is 0 Å². The van der Waals surface area contributed by atoms with Gasteiger partial charge in [-0.3, -0.25) is 0 Å². The van der Waals surface area contributed by atoms with Crippen molar-refractivity contribution in [2.24, 2.45) is 0 Å². The maximum Gasteiger partial charge on any atom is 0.306 e. The van der Waals surface area contributed by atoms with E-state index in [1.165, 1.54) is 6.07 Å². The Bertz CT molecular complexity index is 483. The second-order valence-electron chi connectivity index (χ2n) is 3.12. The van der Waals surface area contributed by atoms with E-state index >= 15 is 0 Å². The molecule has 1 aromatic rings. The minimum Gasteiger partial charge on any atom is -0.392 e. The molecule has 7 heteroatoms. The number of rotatable bonds is 4. The zero-order chi connectivity index (χ0) is 12.3. The van der Waals surface area contributed by atoms with Gasteiger partial charge >= 0.3 is 10.1 Å². The summed E-state index contributed by atoms with van der Waals surface area (Å²) < 4.78 is 39.5. The molecule has 0 unspecified atom stereocenters. The van der Waals surface area contributed by atoms with Crippen molar-refractivity contribution < 1.29 is 27.2 Å². The normalized spacial score (nSPS) is 11.5. The summed E-state index contributed by atoms with van der Waals surface area (Å²) in [4.78, 5) is 0. The van der Waals surface area contributed by atoms with Gasteiger partial charge in [0.2, 0.25) is 0 Å². The van der Waals surface area contributed by atoms with Crippen LogP contribution in [0, 0.1) is 5.82 Å². The average molecular weight is 250 g/mol. The van der Waals surface area contributed by atoms with Gasteiger partial charge < -0.3 is 14.4 Å². The number of hydrogen-bond acceptors (Lipinski definition) is 5. The van der Waals surface area contributed by atoms with Gasteiger partial charge in [-0.25, -0.2) is 4.39 Å². The summed E-state index contributed by atoms with van der Waals surface area (Å²) in [5, 5.41) is 17.9. The number of benzene rings is 1. The third-order valence-corrected chi connectivity index (χ3v) is 2.34. The Kier molecular flexibility index (Phi) is 3.84. The van der Waals surface area contributed by atoms with E-state index in [0.717, 1.165) is 12.3 Å². The van der Waals surface area contributed by atoms with Crippen LogP contribution in [0.5, 0.6) is 5.75 Å². The number of aliphatic hydroxyl groups excluding tert-OH is 2. The van der Waals surface area contributed by atoms with Crippen LogP contribution in [-0.2, 0) is 23.3 Å². The zero-order valence-electron chi connectivity index (χ0n) is 8.47. The van der Waals surface area contributed by atoms with Crippen molar-refractivity contribution in [3.63, 3.8) is 0 Å². The van der Waals surface area contributed by atoms with E-state index in [0.29, 0.717) is 0 Å². The first kappa shape index (κ1) is 12.9. The van der Waals surface area contributed by atoms with Gasteiger partial charge in [-0.1, -0.05) is 6.07 Å². The average Bonchev–Trinajstić information content (AvgIpc) is 2.19. The van der Waals surface area contributed by atoms with Gasteiger partial charge in [0.1, 0.15) is 0 Å². The lowest BCUT2D eigenvalue weighted by Gasteiger charge is -2.12. The van der Waals surface area contributed by atoms with Crippen LogP contribution in [0.1, 0.15) is 11.1 Å². The third kappa shape index (κ3) is 2.91. The number of hydrogen-bond donors (Lipinski definition) is 2. The molecular formula is C9H11FO5S. The highest BCUT2D eigenvalue weighted by Crippen LogP contribution is 2.27. The molecule has 0 radical (unpaired) electrons. The molecular weight excluding hydrogens is 239 g/mol. The quantitative estimate of drug-likeness (QED) is 0.743. The van der Waals surface area contributed by atoms with E-state index in [-0.39, 0.29) is 11.1 Å². The van der Waals surface area contributed by atoms with Crippen LogP contribution in [0.4, 0.5) is 4.39 Å². The molecule has 0 fully saturated rings. The molecule has 2 N–H and O–H groups in total. The van der Waals surface area contributed by atoms with Gasteiger partial charge in [-0.05, 0) is 11.6 Å².